The molecule has 0 unspecified atom stereocenters. The standard InChI is InChI=1S/C28H37N7O2/c1-6-29-27(37)24-16-30-28(33-26(24)31-22-8-10-25(36)35(17-22)18(2)3)32-21-7-9-23(19(4)15-21)20-11-13-34(5)14-12-20/h7-10,15-18,20H,6,11-14H2,1-5H3,(H,29,37)(H2,30,31,32,33). The molecule has 0 bridgehead atoms. The fraction of sp³-hybridized carbons (Fsp3) is 0.429. The van der Waals surface area contributed by atoms with E-state index in [0.29, 0.717) is 35.5 Å². The Morgan fingerprint density at radius 3 is 2.51 bits per heavy atom. The summed E-state index contributed by atoms with van der Waals surface area (Å²) in [7, 11) is 2.18. The maximum Gasteiger partial charge on any atom is 0.256 e. The van der Waals surface area contributed by atoms with Gasteiger partial charge in [0, 0.05) is 36.7 Å². The number of likely N-dealkylation sites (tertiary alicyclic amines) is 1. The van der Waals surface area contributed by atoms with E-state index in [1.807, 2.05) is 20.8 Å². The number of nitrogens with zero attached hydrogens (tertiary/aromatic N) is 4. The Labute approximate surface area is 218 Å². The second-order valence-corrected chi connectivity index (χ2v) is 9.97. The van der Waals surface area contributed by atoms with E-state index in [0.717, 1.165) is 18.8 Å². The molecular formula is C28H37N7O2. The van der Waals surface area contributed by atoms with Crippen molar-refractivity contribution in [2.45, 2.75) is 52.5 Å². The number of benzene rings is 1. The molecule has 196 valence electrons. The van der Waals surface area contributed by atoms with Crippen LogP contribution in [0.1, 0.15) is 67.1 Å². The van der Waals surface area contributed by atoms with Gasteiger partial charge in [-0.3, -0.25) is 9.59 Å². The number of rotatable bonds is 8. The number of pyridine rings is 1. The summed E-state index contributed by atoms with van der Waals surface area (Å²) in [6.45, 7) is 10.6. The molecule has 4 rings (SSSR count). The number of amides is 1. The molecule has 2 aromatic heterocycles. The zero-order chi connectivity index (χ0) is 26.5. The second kappa shape index (κ2) is 11.6. The molecule has 3 aromatic rings. The van der Waals surface area contributed by atoms with E-state index in [1.54, 1.807) is 16.8 Å². The van der Waals surface area contributed by atoms with E-state index in [-0.39, 0.29) is 17.5 Å². The zero-order valence-corrected chi connectivity index (χ0v) is 22.3. The van der Waals surface area contributed by atoms with Gasteiger partial charge in [0.15, 0.2) is 0 Å². The number of hydrogen-bond acceptors (Lipinski definition) is 7. The SMILES string of the molecule is CCNC(=O)c1cnc(Nc2ccc(C3CCN(C)CC3)c(C)c2)nc1Nc1ccc(=O)n(C(C)C)c1. The van der Waals surface area contributed by atoms with Crippen molar-refractivity contribution in [3.8, 4) is 0 Å². The van der Waals surface area contributed by atoms with Crippen LogP contribution in [0, 0.1) is 6.92 Å². The Bertz CT molecular complexity index is 1310. The molecule has 3 N–H and O–H groups in total. The molecule has 37 heavy (non-hydrogen) atoms. The Hall–Kier alpha value is -3.72. The minimum atomic E-state index is -0.271. The van der Waals surface area contributed by atoms with Crippen LogP contribution in [0.5, 0.6) is 0 Å². The van der Waals surface area contributed by atoms with Crippen LogP contribution in [-0.4, -0.2) is 52.0 Å². The number of piperidine rings is 1. The molecule has 1 amide bonds. The number of hydrogen-bond donors (Lipinski definition) is 3. The molecule has 0 atom stereocenters. The number of aryl methyl sites for hydroxylation is 1. The summed E-state index contributed by atoms with van der Waals surface area (Å²) in [5.74, 6) is 1.05. The molecule has 0 spiro atoms. The van der Waals surface area contributed by atoms with Gasteiger partial charge < -0.3 is 25.4 Å². The lowest BCUT2D eigenvalue weighted by molar-refractivity contribution is 0.0956. The van der Waals surface area contributed by atoms with Crippen molar-refractivity contribution in [1.82, 2.24) is 24.8 Å². The summed E-state index contributed by atoms with van der Waals surface area (Å²) in [6.07, 6.45) is 5.59. The molecule has 3 heterocycles. The van der Waals surface area contributed by atoms with Crippen molar-refractivity contribution in [2.24, 2.45) is 0 Å². The number of carbonyl (C=O) groups excluding carboxylic acids is 1. The summed E-state index contributed by atoms with van der Waals surface area (Å²) in [4.78, 5) is 36.3. The van der Waals surface area contributed by atoms with Crippen molar-refractivity contribution in [2.75, 3.05) is 37.3 Å². The Morgan fingerprint density at radius 2 is 1.84 bits per heavy atom. The van der Waals surface area contributed by atoms with Crippen LogP contribution in [0.25, 0.3) is 0 Å². The molecular weight excluding hydrogens is 466 g/mol. The first-order valence-corrected chi connectivity index (χ1v) is 13.0. The molecule has 1 aliphatic rings. The van der Waals surface area contributed by atoms with E-state index in [4.69, 9.17) is 0 Å². The molecule has 1 saturated heterocycles. The lowest BCUT2D eigenvalue weighted by Crippen LogP contribution is -2.29. The van der Waals surface area contributed by atoms with E-state index < -0.39 is 0 Å². The molecule has 0 saturated carbocycles. The van der Waals surface area contributed by atoms with E-state index in [2.05, 4.69) is 63.0 Å². The number of carbonyl (C=O) groups is 1. The van der Waals surface area contributed by atoms with Gasteiger partial charge in [-0.25, -0.2) is 4.98 Å². The predicted octanol–water partition coefficient (Wildman–Crippen LogP) is 4.57. The van der Waals surface area contributed by atoms with Crippen LogP contribution in [-0.2, 0) is 0 Å². The zero-order valence-electron chi connectivity index (χ0n) is 22.3. The first-order valence-electron chi connectivity index (χ1n) is 13.0. The van der Waals surface area contributed by atoms with Crippen molar-refractivity contribution >= 4 is 29.0 Å². The van der Waals surface area contributed by atoms with Crippen molar-refractivity contribution in [1.29, 1.82) is 0 Å². The molecule has 1 aliphatic heterocycles. The number of aromatic nitrogens is 3. The van der Waals surface area contributed by atoms with Crippen LogP contribution in [0.2, 0.25) is 0 Å². The Morgan fingerprint density at radius 1 is 1.11 bits per heavy atom. The van der Waals surface area contributed by atoms with E-state index >= 15 is 0 Å². The molecule has 9 nitrogen and oxygen atoms in total. The minimum absolute atomic E-state index is 0.000433. The summed E-state index contributed by atoms with van der Waals surface area (Å²) in [5.41, 5.74) is 4.42. The maximum atomic E-state index is 12.7. The van der Waals surface area contributed by atoms with Gasteiger partial charge in [-0.05, 0) is 95.9 Å². The van der Waals surface area contributed by atoms with E-state index in [9.17, 15) is 9.59 Å². The highest BCUT2D eigenvalue weighted by atomic mass is 16.1. The molecule has 9 heteroatoms. The first kappa shape index (κ1) is 26.3. The fourth-order valence-electron chi connectivity index (χ4n) is 4.74. The maximum absolute atomic E-state index is 12.7. The lowest BCUT2D eigenvalue weighted by atomic mass is 9.87. The third-order valence-corrected chi connectivity index (χ3v) is 6.81. The van der Waals surface area contributed by atoms with Crippen molar-refractivity contribution < 1.29 is 4.79 Å². The Kier molecular flexibility index (Phi) is 8.23. The predicted molar refractivity (Wildman–Crippen MR) is 148 cm³/mol. The van der Waals surface area contributed by atoms with Gasteiger partial charge >= 0.3 is 0 Å². The summed E-state index contributed by atoms with van der Waals surface area (Å²) >= 11 is 0. The average molecular weight is 504 g/mol. The van der Waals surface area contributed by atoms with Crippen LogP contribution >= 0.6 is 0 Å². The highest BCUT2D eigenvalue weighted by molar-refractivity contribution is 5.99. The molecule has 0 aliphatic carbocycles. The van der Waals surface area contributed by atoms with Crippen LogP contribution in [0.3, 0.4) is 0 Å². The number of nitrogens with one attached hydrogen (secondary N) is 3. The minimum Gasteiger partial charge on any atom is -0.352 e. The third-order valence-electron chi connectivity index (χ3n) is 6.81. The van der Waals surface area contributed by atoms with Gasteiger partial charge in [-0.15, -0.1) is 0 Å². The third kappa shape index (κ3) is 6.35. The smallest absolute Gasteiger partial charge is 0.256 e. The van der Waals surface area contributed by atoms with Gasteiger partial charge in [0.05, 0.1) is 5.69 Å². The van der Waals surface area contributed by atoms with E-state index in [1.165, 1.54) is 36.2 Å². The monoisotopic (exact) mass is 503 g/mol. The largest absolute Gasteiger partial charge is 0.352 e. The quantitative estimate of drug-likeness (QED) is 0.414. The van der Waals surface area contributed by atoms with Gasteiger partial charge in [0.2, 0.25) is 5.95 Å². The highest BCUT2D eigenvalue weighted by Crippen LogP contribution is 2.31. The number of anilines is 4. The van der Waals surface area contributed by atoms with Crippen LogP contribution in [0.15, 0.2) is 47.5 Å². The van der Waals surface area contributed by atoms with Crippen LogP contribution in [0.4, 0.5) is 23.1 Å². The second-order valence-electron chi connectivity index (χ2n) is 9.97. The average Bonchev–Trinajstić information content (AvgIpc) is 2.86. The van der Waals surface area contributed by atoms with Gasteiger partial charge in [-0.2, -0.15) is 4.98 Å². The normalized spacial score (nSPS) is 14.5. The van der Waals surface area contributed by atoms with Gasteiger partial charge in [-0.1, -0.05) is 6.07 Å². The first-order chi connectivity index (χ1) is 17.7. The van der Waals surface area contributed by atoms with Crippen molar-refractivity contribution in [3.05, 3.63) is 69.8 Å². The molecule has 1 fully saturated rings. The topological polar surface area (TPSA) is 104 Å². The fourth-order valence-corrected chi connectivity index (χ4v) is 4.74. The van der Waals surface area contributed by atoms with Gasteiger partial charge in [0.1, 0.15) is 11.4 Å². The summed E-state index contributed by atoms with van der Waals surface area (Å²) < 4.78 is 1.63. The Balaban J connectivity index is 1.59. The molecule has 0 radical (unpaired) electrons. The van der Waals surface area contributed by atoms with Crippen LogP contribution < -0.4 is 21.5 Å². The summed E-state index contributed by atoms with van der Waals surface area (Å²) in [5, 5.41) is 9.31. The molecule has 1 aromatic carbocycles. The van der Waals surface area contributed by atoms with Crippen molar-refractivity contribution in [3.63, 3.8) is 0 Å². The summed E-state index contributed by atoms with van der Waals surface area (Å²) in [6, 6.07) is 9.57. The van der Waals surface area contributed by atoms with Gasteiger partial charge in [0.25, 0.3) is 11.5 Å². The lowest BCUT2D eigenvalue weighted by Gasteiger charge is -2.30. The highest BCUT2D eigenvalue weighted by Gasteiger charge is 2.20.